The Labute approximate surface area is 191 Å². The van der Waals surface area contributed by atoms with Gasteiger partial charge < -0.3 is 25.3 Å². The van der Waals surface area contributed by atoms with Crippen molar-refractivity contribution in [1.29, 1.82) is 0 Å². The van der Waals surface area contributed by atoms with Crippen LogP contribution in [-0.2, 0) is 4.74 Å². The Kier molecular flexibility index (Phi) is 6.58. The molecule has 0 aromatic carbocycles. The number of nitrogens with one attached hydrogen (secondary N) is 2. The highest BCUT2D eigenvalue weighted by Crippen LogP contribution is 2.29. The molecule has 180 valence electrons. The molecule has 6 N–H and O–H groups in total. The van der Waals surface area contributed by atoms with Crippen LogP contribution >= 0.6 is 0 Å². The SMILES string of the molecule is Cc1cn([C@H]2C=C[C@@H](CO)O2)c(=O)[nH]c1=O.Nc1nc2c(ncn2[C@H]2C=C[C@@H](CO)C2)c(=O)[nH]1. The zero-order valence-electron chi connectivity index (χ0n) is 18.3. The van der Waals surface area contributed by atoms with E-state index in [0.29, 0.717) is 11.2 Å². The molecule has 0 amide bonds. The number of ether oxygens (including phenoxy) is 1. The van der Waals surface area contributed by atoms with Crippen molar-refractivity contribution in [3.63, 3.8) is 0 Å². The van der Waals surface area contributed by atoms with E-state index in [1.54, 1.807) is 25.4 Å². The highest BCUT2D eigenvalue weighted by molar-refractivity contribution is 5.70. The molecule has 3 aromatic rings. The average molecular weight is 471 g/mol. The Morgan fingerprint density at radius 2 is 1.88 bits per heavy atom. The van der Waals surface area contributed by atoms with Crippen LogP contribution < -0.4 is 22.5 Å². The maximum Gasteiger partial charge on any atom is 0.330 e. The Hall–Kier alpha value is -3.81. The number of allylic oxidation sites excluding steroid dienone is 1. The summed E-state index contributed by atoms with van der Waals surface area (Å²) >= 11 is 0. The van der Waals surface area contributed by atoms with Crippen LogP contribution in [0.4, 0.5) is 5.95 Å². The highest BCUT2D eigenvalue weighted by Gasteiger charge is 2.23. The van der Waals surface area contributed by atoms with Gasteiger partial charge in [0.05, 0.1) is 19.0 Å². The van der Waals surface area contributed by atoms with Gasteiger partial charge in [0.25, 0.3) is 11.1 Å². The maximum atomic E-state index is 11.6. The van der Waals surface area contributed by atoms with Crippen LogP contribution in [-0.4, -0.2) is 58.6 Å². The largest absolute Gasteiger partial charge is 0.396 e. The van der Waals surface area contributed by atoms with Crippen molar-refractivity contribution in [3.05, 3.63) is 73.6 Å². The number of nitrogen functional groups attached to an aromatic ring is 1. The standard InChI is InChI=1S/C11H13N5O2.C10H12N2O4/c12-11-14-9-8(10(18)15-11)13-5-16(9)7-2-1-6(3-7)4-17;1-6-4-12(10(15)11-9(6)14)8-3-2-7(5-13)16-8/h1-2,5-7,17H,3-4H2,(H3,12,14,15,18);2-4,7-8,13H,5H2,1H3,(H,11,14,15)/t6-,7+;7-,8+/m10/s1. The third-order valence-electron chi connectivity index (χ3n) is 5.60. The summed E-state index contributed by atoms with van der Waals surface area (Å²) in [6.07, 6.45) is 10.1. The molecule has 0 saturated carbocycles. The molecule has 1 aliphatic carbocycles. The Morgan fingerprint density at radius 1 is 1.09 bits per heavy atom. The van der Waals surface area contributed by atoms with Gasteiger partial charge in [-0.1, -0.05) is 18.2 Å². The first-order chi connectivity index (χ1) is 16.3. The van der Waals surface area contributed by atoms with Gasteiger partial charge >= 0.3 is 5.69 Å². The Morgan fingerprint density at radius 3 is 2.56 bits per heavy atom. The quantitative estimate of drug-likeness (QED) is 0.300. The van der Waals surface area contributed by atoms with Gasteiger partial charge in [0.1, 0.15) is 6.10 Å². The number of anilines is 1. The van der Waals surface area contributed by atoms with Gasteiger partial charge in [-0.25, -0.2) is 9.78 Å². The first-order valence-corrected chi connectivity index (χ1v) is 10.6. The molecule has 1 aliphatic heterocycles. The fourth-order valence-corrected chi connectivity index (χ4v) is 3.81. The lowest BCUT2D eigenvalue weighted by Gasteiger charge is -2.14. The van der Waals surface area contributed by atoms with E-state index < -0.39 is 23.6 Å². The first-order valence-electron chi connectivity index (χ1n) is 10.6. The van der Waals surface area contributed by atoms with Gasteiger partial charge in [0, 0.05) is 24.3 Å². The zero-order chi connectivity index (χ0) is 24.4. The monoisotopic (exact) mass is 471 g/mol. The summed E-state index contributed by atoms with van der Waals surface area (Å²) in [4.78, 5) is 47.1. The van der Waals surface area contributed by atoms with Crippen molar-refractivity contribution in [1.82, 2.24) is 29.1 Å². The molecule has 0 bridgehead atoms. The molecule has 5 rings (SSSR count). The van der Waals surface area contributed by atoms with Gasteiger partial charge in [0.2, 0.25) is 5.95 Å². The normalized spacial score (nSPS) is 23.4. The molecule has 0 saturated heterocycles. The van der Waals surface area contributed by atoms with Crippen molar-refractivity contribution in [2.45, 2.75) is 31.7 Å². The van der Waals surface area contributed by atoms with Crippen LogP contribution in [0.2, 0.25) is 0 Å². The number of nitrogens with two attached hydrogens (primary N) is 1. The Bertz CT molecular complexity index is 1420. The van der Waals surface area contributed by atoms with Crippen LogP contribution in [0.15, 0.2) is 51.2 Å². The van der Waals surface area contributed by atoms with Gasteiger partial charge in [0.15, 0.2) is 17.4 Å². The number of aliphatic hydroxyl groups is 2. The number of hydrogen-bond acceptors (Lipinski definition) is 9. The average Bonchev–Trinajstić information content (AvgIpc) is 3.55. The minimum Gasteiger partial charge on any atom is -0.396 e. The number of rotatable bonds is 4. The van der Waals surface area contributed by atoms with Crippen molar-refractivity contribution >= 4 is 17.1 Å². The number of nitrogens with zero attached hydrogens (tertiary/aromatic N) is 4. The van der Waals surface area contributed by atoms with Crippen LogP contribution in [0, 0.1) is 12.8 Å². The summed E-state index contributed by atoms with van der Waals surface area (Å²) in [5.74, 6) is 0.224. The van der Waals surface area contributed by atoms with Crippen molar-refractivity contribution in [2.24, 2.45) is 5.92 Å². The molecule has 3 aromatic heterocycles. The van der Waals surface area contributed by atoms with E-state index in [4.69, 9.17) is 20.7 Å². The van der Waals surface area contributed by atoms with Crippen molar-refractivity contribution in [3.8, 4) is 0 Å². The van der Waals surface area contributed by atoms with E-state index in [-0.39, 0.29) is 42.2 Å². The van der Waals surface area contributed by atoms with Crippen LogP contribution in [0.1, 0.15) is 24.3 Å². The lowest BCUT2D eigenvalue weighted by molar-refractivity contribution is -0.0104. The van der Waals surface area contributed by atoms with E-state index >= 15 is 0 Å². The molecular weight excluding hydrogens is 446 g/mol. The number of fused-ring (bicyclic) bond motifs is 1. The summed E-state index contributed by atoms with van der Waals surface area (Å²) in [6, 6.07) is 0.0563. The summed E-state index contributed by atoms with van der Waals surface area (Å²) < 4.78 is 8.45. The lowest BCUT2D eigenvalue weighted by Crippen LogP contribution is -2.33. The predicted molar refractivity (Wildman–Crippen MR) is 122 cm³/mol. The molecule has 2 aliphatic rings. The fourth-order valence-electron chi connectivity index (χ4n) is 3.81. The molecule has 0 unspecified atom stereocenters. The van der Waals surface area contributed by atoms with E-state index in [9.17, 15) is 14.4 Å². The summed E-state index contributed by atoms with van der Waals surface area (Å²) in [5, 5.41) is 18.0. The number of H-pyrrole nitrogens is 2. The second kappa shape index (κ2) is 9.59. The van der Waals surface area contributed by atoms with Crippen LogP contribution in [0.5, 0.6) is 0 Å². The van der Waals surface area contributed by atoms with E-state index in [1.807, 2.05) is 16.7 Å². The minimum absolute atomic E-state index is 0.0563. The van der Waals surface area contributed by atoms with E-state index in [0.717, 1.165) is 6.42 Å². The summed E-state index contributed by atoms with van der Waals surface area (Å²) in [7, 11) is 0. The maximum absolute atomic E-state index is 11.6. The third-order valence-corrected chi connectivity index (χ3v) is 5.60. The number of aromatic nitrogens is 6. The zero-order valence-corrected chi connectivity index (χ0v) is 18.3. The smallest absolute Gasteiger partial charge is 0.330 e. The fraction of sp³-hybridized carbons (Fsp3) is 0.381. The molecule has 0 radical (unpaired) electrons. The second-order valence-electron chi connectivity index (χ2n) is 8.02. The van der Waals surface area contributed by atoms with E-state index in [2.05, 4.69) is 19.9 Å². The lowest BCUT2D eigenvalue weighted by atomic mass is 10.1. The number of aliphatic hydroxyl groups excluding tert-OH is 2. The minimum atomic E-state index is -0.569. The molecule has 0 fully saturated rings. The molecule has 13 heteroatoms. The molecule has 0 spiro atoms. The van der Waals surface area contributed by atoms with Crippen molar-refractivity contribution < 1.29 is 14.9 Å². The number of aromatic amines is 2. The second-order valence-corrected chi connectivity index (χ2v) is 8.02. The molecule has 4 heterocycles. The molecule has 13 nitrogen and oxygen atoms in total. The van der Waals surface area contributed by atoms with Crippen molar-refractivity contribution in [2.75, 3.05) is 18.9 Å². The molecule has 34 heavy (non-hydrogen) atoms. The highest BCUT2D eigenvalue weighted by atomic mass is 16.5. The summed E-state index contributed by atoms with van der Waals surface area (Å²) in [5.41, 5.74) is 5.47. The molecule has 4 atom stereocenters. The van der Waals surface area contributed by atoms with Gasteiger partial charge in [-0.3, -0.25) is 24.1 Å². The molecular formula is C21H25N7O6. The number of hydrogen-bond donors (Lipinski definition) is 5. The van der Waals surface area contributed by atoms with Crippen LogP contribution in [0.3, 0.4) is 0 Å². The van der Waals surface area contributed by atoms with Crippen LogP contribution in [0.25, 0.3) is 11.2 Å². The summed E-state index contributed by atoms with van der Waals surface area (Å²) in [6.45, 7) is 1.59. The van der Waals surface area contributed by atoms with Gasteiger partial charge in [-0.15, -0.1) is 0 Å². The Balaban J connectivity index is 0.000000162. The predicted octanol–water partition coefficient (Wildman–Crippen LogP) is -0.898. The number of aryl methyl sites for hydroxylation is 1. The third kappa shape index (κ3) is 4.62. The van der Waals surface area contributed by atoms with Gasteiger partial charge in [-0.2, -0.15) is 4.98 Å². The van der Waals surface area contributed by atoms with Gasteiger partial charge in [-0.05, 0) is 19.4 Å². The topological polar surface area (TPSA) is 194 Å². The first kappa shape index (κ1) is 23.4. The van der Waals surface area contributed by atoms with E-state index in [1.165, 1.54) is 10.8 Å². The number of imidazole rings is 1.